The van der Waals surface area contributed by atoms with Crippen LogP contribution in [0, 0.1) is 10.1 Å². The highest BCUT2D eigenvalue weighted by Crippen LogP contribution is 2.24. The predicted octanol–water partition coefficient (Wildman–Crippen LogP) is 2.31. The third-order valence-corrected chi connectivity index (χ3v) is 4.55. The number of benzene rings is 1. The van der Waals surface area contributed by atoms with Gasteiger partial charge in [0.25, 0.3) is 17.2 Å². The molecule has 0 aliphatic rings. The van der Waals surface area contributed by atoms with Crippen LogP contribution in [0.1, 0.15) is 10.4 Å². The molecule has 0 aliphatic heterocycles. The third-order valence-electron chi connectivity index (χ3n) is 3.77. The van der Waals surface area contributed by atoms with Gasteiger partial charge in [-0.25, -0.2) is 4.98 Å². The minimum atomic E-state index is -0.648. The number of nitrogens with one attached hydrogen (secondary N) is 2. The number of hydrogen-bond donors (Lipinski definition) is 2. The lowest BCUT2D eigenvalue weighted by atomic mass is 10.1. The van der Waals surface area contributed by atoms with E-state index < -0.39 is 16.4 Å². The van der Waals surface area contributed by atoms with Crippen LogP contribution in [0.25, 0.3) is 16.2 Å². The summed E-state index contributed by atoms with van der Waals surface area (Å²) >= 11 is 1.28. The molecule has 10 nitrogen and oxygen atoms in total. The summed E-state index contributed by atoms with van der Waals surface area (Å²) in [6.07, 6.45) is 2.76. The van der Waals surface area contributed by atoms with Crippen molar-refractivity contribution < 1.29 is 9.72 Å². The number of rotatable bonds is 4. The number of anilines is 1. The molecule has 0 radical (unpaired) electrons. The third kappa shape index (κ3) is 3.06. The fraction of sp³-hybridized carbons (Fsp3) is 0. The number of H-pyrrole nitrogens is 1. The monoisotopic (exact) mass is 382 g/mol. The van der Waals surface area contributed by atoms with Crippen molar-refractivity contribution in [2.75, 3.05) is 5.32 Å². The van der Waals surface area contributed by atoms with Gasteiger partial charge in [0.1, 0.15) is 5.56 Å². The topological polar surface area (TPSA) is 135 Å². The lowest BCUT2D eigenvalue weighted by Gasteiger charge is -2.01. The SMILES string of the molecule is O=C(Nc1cc(-c2cccc([N+](=O)[O-])c2)[nH]n1)c1cnc2sccn2c1=O. The lowest BCUT2D eigenvalue weighted by Crippen LogP contribution is -2.25. The van der Waals surface area contributed by atoms with Gasteiger partial charge in [-0.15, -0.1) is 11.3 Å². The number of aromatic amines is 1. The van der Waals surface area contributed by atoms with Crippen LogP contribution in [0.4, 0.5) is 11.5 Å². The maximum atomic E-state index is 12.4. The van der Waals surface area contributed by atoms with Gasteiger partial charge in [0.05, 0.1) is 10.6 Å². The summed E-state index contributed by atoms with van der Waals surface area (Å²) in [6.45, 7) is 0. The van der Waals surface area contributed by atoms with Crippen molar-refractivity contribution in [3.8, 4) is 11.3 Å². The number of amides is 1. The Morgan fingerprint density at radius 1 is 1.33 bits per heavy atom. The summed E-state index contributed by atoms with van der Waals surface area (Å²) in [5, 5.41) is 21.8. The Bertz CT molecular complexity index is 1240. The lowest BCUT2D eigenvalue weighted by molar-refractivity contribution is -0.384. The molecule has 4 aromatic rings. The zero-order valence-corrected chi connectivity index (χ0v) is 14.3. The van der Waals surface area contributed by atoms with E-state index in [-0.39, 0.29) is 17.1 Å². The molecule has 0 saturated carbocycles. The first-order valence-electron chi connectivity index (χ1n) is 7.59. The average molecular weight is 382 g/mol. The first-order valence-corrected chi connectivity index (χ1v) is 8.47. The Hall–Kier alpha value is -3.86. The van der Waals surface area contributed by atoms with Crippen LogP contribution < -0.4 is 10.9 Å². The van der Waals surface area contributed by atoms with Crippen molar-refractivity contribution in [2.24, 2.45) is 0 Å². The number of non-ortho nitro benzene ring substituents is 1. The zero-order chi connectivity index (χ0) is 19.0. The largest absolute Gasteiger partial charge is 0.305 e. The molecule has 0 bridgehead atoms. The fourth-order valence-electron chi connectivity index (χ4n) is 2.48. The van der Waals surface area contributed by atoms with Crippen molar-refractivity contribution in [2.45, 2.75) is 0 Å². The van der Waals surface area contributed by atoms with Gasteiger partial charge in [-0.2, -0.15) is 5.10 Å². The quantitative estimate of drug-likeness (QED) is 0.411. The first-order chi connectivity index (χ1) is 13.0. The molecule has 0 spiro atoms. The first kappa shape index (κ1) is 16.6. The number of hydrogen-bond acceptors (Lipinski definition) is 7. The number of aromatic nitrogens is 4. The van der Waals surface area contributed by atoms with Gasteiger partial charge in [0.15, 0.2) is 10.8 Å². The van der Waals surface area contributed by atoms with Crippen LogP contribution in [0.2, 0.25) is 0 Å². The second-order valence-electron chi connectivity index (χ2n) is 5.46. The molecule has 27 heavy (non-hydrogen) atoms. The van der Waals surface area contributed by atoms with E-state index in [2.05, 4.69) is 20.5 Å². The van der Waals surface area contributed by atoms with Crippen LogP contribution in [0.3, 0.4) is 0 Å². The van der Waals surface area contributed by atoms with Gasteiger partial charge in [-0.05, 0) is 0 Å². The highest BCUT2D eigenvalue weighted by molar-refractivity contribution is 7.15. The molecule has 3 aromatic heterocycles. The van der Waals surface area contributed by atoms with Gasteiger partial charge in [-0.3, -0.25) is 29.2 Å². The van der Waals surface area contributed by atoms with Crippen LogP contribution in [0.15, 0.2) is 52.9 Å². The summed E-state index contributed by atoms with van der Waals surface area (Å²) in [5.41, 5.74) is 0.366. The highest BCUT2D eigenvalue weighted by Gasteiger charge is 2.16. The Balaban J connectivity index is 1.59. The molecule has 134 valence electrons. The zero-order valence-electron chi connectivity index (χ0n) is 13.4. The number of fused-ring (bicyclic) bond motifs is 1. The van der Waals surface area contributed by atoms with Crippen molar-refractivity contribution in [3.63, 3.8) is 0 Å². The van der Waals surface area contributed by atoms with Crippen molar-refractivity contribution in [1.82, 2.24) is 19.6 Å². The normalized spacial score (nSPS) is 10.8. The molecule has 0 unspecified atom stereocenters. The molecule has 2 N–H and O–H groups in total. The average Bonchev–Trinajstić information content (AvgIpc) is 3.31. The smallest absolute Gasteiger partial charge is 0.271 e. The molecular weight excluding hydrogens is 372 g/mol. The maximum Gasteiger partial charge on any atom is 0.271 e. The van der Waals surface area contributed by atoms with E-state index in [4.69, 9.17) is 0 Å². The minimum absolute atomic E-state index is 0.0594. The number of thiazole rings is 1. The molecule has 0 aliphatic carbocycles. The van der Waals surface area contributed by atoms with E-state index in [1.807, 2.05) is 0 Å². The van der Waals surface area contributed by atoms with Gasteiger partial charge >= 0.3 is 0 Å². The minimum Gasteiger partial charge on any atom is -0.305 e. The number of nitro groups is 1. The van der Waals surface area contributed by atoms with E-state index >= 15 is 0 Å². The van der Waals surface area contributed by atoms with Gasteiger partial charge < -0.3 is 5.32 Å². The Morgan fingerprint density at radius 3 is 3.00 bits per heavy atom. The molecular formula is C16H10N6O4S. The van der Waals surface area contributed by atoms with Crippen molar-refractivity contribution >= 4 is 33.7 Å². The number of carbonyl (C=O) groups excluding carboxylic acids is 1. The van der Waals surface area contributed by atoms with Crippen LogP contribution in [-0.4, -0.2) is 30.4 Å². The Morgan fingerprint density at radius 2 is 2.19 bits per heavy atom. The molecule has 1 aromatic carbocycles. The van der Waals surface area contributed by atoms with E-state index in [1.54, 1.807) is 23.7 Å². The summed E-state index contributed by atoms with van der Waals surface area (Å²) in [6, 6.07) is 7.51. The number of nitrogens with zero attached hydrogens (tertiary/aromatic N) is 4. The fourth-order valence-corrected chi connectivity index (χ4v) is 3.16. The van der Waals surface area contributed by atoms with E-state index in [0.29, 0.717) is 16.2 Å². The molecule has 4 rings (SSSR count). The summed E-state index contributed by atoms with van der Waals surface area (Å²) in [5.74, 6) is -0.471. The second-order valence-corrected chi connectivity index (χ2v) is 6.33. The van der Waals surface area contributed by atoms with E-state index in [1.165, 1.54) is 40.1 Å². The maximum absolute atomic E-state index is 12.4. The second kappa shape index (κ2) is 6.46. The van der Waals surface area contributed by atoms with Crippen LogP contribution in [0.5, 0.6) is 0 Å². The Labute approximate surface area is 154 Å². The Kier molecular flexibility index (Phi) is 3.97. The van der Waals surface area contributed by atoms with Crippen LogP contribution in [-0.2, 0) is 0 Å². The number of carbonyl (C=O) groups is 1. The summed E-state index contributed by atoms with van der Waals surface area (Å²) in [7, 11) is 0. The molecule has 3 heterocycles. The molecule has 0 fully saturated rings. The van der Waals surface area contributed by atoms with E-state index in [0.717, 1.165) is 0 Å². The van der Waals surface area contributed by atoms with Gasteiger partial charge in [0.2, 0.25) is 0 Å². The van der Waals surface area contributed by atoms with Crippen molar-refractivity contribution in [3.05, 3.63) is 74.1 Å². The molecule has 1 amide bonds. The molecule has 11 heteroatoms. The molecule has 0 saturated heterocycles. The molecule has 0 atom stereocenters. The summed E-state index contributed by atoms with van der Waals surface area (Å²) in [4.78, 5) is 39.7. The highest BCUT2D eigenvalue weighted by atomic mass is 32.1. The van der Waals surface area contributed by atoms with Gasteiger partial charge in [-0.1, -0.05) is 12.1 Å². The van der Waals surface area contributed by atoms with Crippen molar-refractivity contribution in [1.29, 1.82) is 0 Å². The van der Waals surface area contributed by atoms with Gasteiger partial charge in [0, 0.05) is 41.5 Å². The van der Waals surface area contributed by atoms with Crippen LogP contribution >= 0.6 is 11.3 Å². The predicted molar refractivity (Wildman–Crippen MR) is 98.0 cm³/mol. The number of nitro benzene ring substituents is 1. The standard InChI is InChI=1S/C16H10N6O4S/c23-14(11-8-17-16-21(15(11)24)4-5-27-16)18-13-7-12(19-20-13)9-2-1-3-10(6-9)22(25)26/h1-8H,(H2,18,19,20,23). The summed E-state index contributed by atoms with van der Waals surface area (Å²) < 4.78 is 1.29. The van der Waals surface area contributed by atoms with E-state index in [9.17, 15) is 19.7 Å².